The summed E-state index contributed by atoms with van der Waals surface area (Å²) in [7, 11) is -3.24. The van der Waals surface area contributed by atoms with Crippen molar-refractivity contribution in [3.63, 3.8) is 0 Å². The number of aliphatic carboxylic acids is 1. The van der Waals surface area contributed by atoms with E-state index in [1.807, 2.05) is 0 Å². The van der Waals surface area contributed by atoms with Crippen LogP contribution in [0.1, 0.15) is 33.1 Å². The van der Waals surface area contributed by atoms with E-state index in [1.54, 1.807) is 0 Å². The SMILES string of the molecule is CCCC[Si](C)(C)O[Si](C)(C)CCCOCCOC(=O)C(Br)C(C)C(=O)O. The molecule has 9 heteroatoms. The molecule has 0 heterocycles. The van der Waals surface area contributed by atoms with Crippen LogP contribution in [0.15, 0.2) is 0 Å². The molecular weight excluding hydrogens is 448 g/mol. The molecule has 0 bridgehead atoms. The maximum Gasteiger partial charge on any atom is 0.320 e. The summed E-state index contributed by atoms with van der Waals surface area (Å²) in [6.45, 7) is 13.9. The minimum Gasteiger partial charge on any atom is -0.481 e. The Morgan fingerprint density at radius 2 is 1.56 bits per heavy atom. The monoisotopic (exact) mass is 484 g/mol. The first-order valence-electron chi connectivity index (χ1n) is 9.73. The molecule has 0 radical (unpaired) electrons. The molecule has 0 aliphatic heterocycles. The number of unbranched alkanes of at least 4 members (excludes halogenated alkanes) is 1. The molecular formula is C18H37BrO6Si2. The van der Waals surface area contributed by atoms with E-state index in [4.69, 9.17) is 18.7 Å². The first-order valence-corrected chi connectivity index (χ1v) is 16.9. The molecule has 0 fully saturated rings. The highest BCUT2D eigenvalue weighted by Crippen LogP contribution is 2.24. The Balaban J connectivity index is 3.93. The summed E-state index contributed by atoms with van der Waals surface area (Å²) < 4.78 is 17.1. The second-order valence-electron chi connectivity index (χ2n) is 8.14. The third-order valence-electron chi connectivity index (χ3n) is 4.28. The predicted octanol–water partition coefficient (Wildman–Crippen LogP) is 4.65. The van der Waals surface area contributed by atoms with Crippen LogP contribution < -0.4 is 0 Å². The van der Waals surface area contributed by atoms with Gasteiger partial charge in [-0.15, -0.1) is 0 Å². The lowest BCUT2D eigenvalue weighted by molar-refractivity contribution is -0.150. The molecule has 0 saturated carbocycles. The highest BCUT2D eigenvalue weighted by molar-refractivity contribution is 9.10. The molecule has 2 unspecified atom stereocenters. The average Bonchev–Trinajstić information content (AvgIpc) is 2.56. The Kier molecular flexibility index (Phi) is 13.0. The normalized spacial score (nSPS) is 14.6. The van der Waals surface area contributed by atoms with Crippen LogP contribution in [-0.4, -0.2) is 58.3 Å². The molecule has 160 valence electrons. The van der Waals surface area contributed by atoms with Crippen molar-refractivity contribution in [2.45, 2.75) is 76.2 Å². The van der Waals surface area contributed by atoms with Crippen LogP contribution in [0.5, 0.6) is 0 Å². The molecule has 0 amide bonds. The fourth-order valence-electron chi connectivity index (χ4n) is 2.76. The number of hydrogen-bond donors (Lipinski definition) is 1. The Morgan fingerprint density at radius 3 is 2.07 bits per heavy atom. The molecule has 0 aliphatic carbocycles. The number of hydrogen-bond acceptors (Lipinski definition) is 5. The van der Waals surface area contributed by atoms with Crippen LogP contribution in [0.2, 0.25) is 38.3 Å². The highest BCUT2D eigenvalue weighted by Gasteiger charge is 2.32. The van der Waals surface area contributed by atoms with Crippen LogP contribution in [0.25, 0.3) is 0 Å². The van der Waals surface area contributed by atoms with E-state index in [2.05, 4.69) is 49.0 Å². The van der Waals surface area contributed by atoms with Gasteiger partial charge in [0.1, 0.15) is 11.4 Å². The first kappa shape index (κ1) is 26.8. The van der Waals surface area contributed by atoms with E-state index in [9.17, 15) is 9.59 Å². The quantitative estimate of drug-likeness (QED) is 0.157. The first-order chi connectivity index (χ1) is 12.4. The van der Waals surface area contributed by atoms with Crippen molar-refractivity contribution in [2.24, 2.45) is 5.92 Å². The van der Waals surface area contributed by atoms with Gasteiger partial charge >= 0.3 is 11.9 Å². The van der Waals surface area contributed by atoms with Gasteiger partial charge in [-0.25, -0.2) is 0 Å². The summed E-state index contributed by atoms with van der Waals surface area (Å²) in [4.78, 5) is 21.7. The zero-order chi connectivity index (χ0) is 21.1. The third-order valence-corrected chi connectivity index (χ3v) is 13.0. The lowest BCUT2D eigenvalue weighted by Gasteiger charge is -2.34. The number of carbonyl (C=O) groups is 2. The van der Waals surface area contributed by atoms with Gasteiger partial charge in [0.05, 0.1) is 12.5 Å². The van der Waals surface area contributed by atoms with Crippen LogP contribution in [0.3, 0.4) is 0 Å². The maximum atomic E-state index is 11.7. The van der Waals surface area contributed by atoms with E-state index in [-0.39, 0.29) is 6.61 Å². The van der Waals surface area contributed by atoms with Gasteiger partial charge in [-0.05, 0) is 44.7 Å². The van der Waals surface area contributed by atoms with Gasteiger partial charge in [-0.3, -0.25) is 9.59 Å². The zero-order valence-electron chi connectivity index (χ0n) is 17.7. The van der Waals surface area contributed by atoms with E-state index < -0.39 is 39.3 Å². The fraction of sp³-hybridized carbons (Fsp3) is 0.889. The molecule has 0 rings (SSSR count). The molecule has 0 aliphatic rings. The summed E-state index contributed by atoms with van der Waals surface area (Å²) in [5.41, 5.74) is 0. The number of rotatable bonds is 15. The summed E-state index contributed by atoms with van der Waals surface area (Å²) in [6, 6.07) is 2.27. The number of carboxylic acids is 1. The van der Waals surface area contributed by atoms with Gasteiger partial charge in [0.15, 0.2) is 16.6 Å². The van der Waals surface area contributed by atoms with Crippen molar-refractivity contribution < 1.29 is 28.3 Å². The van der Waals surface area contributed by atoms with Crippen molar-refractivity contribution in [3.8, 4) is 0 Å². The van der Waals surface area contributed by atoms with Crippen molar-refractivity contribution in [3.05, 3.63) is 0 Å². The number of esters is 1. The molecule has 0 spiro atoms. The minimum absolute atomic E-state index is 0.127. The van der Waals surface area contributed by atoms with Crippen LogP contribution >= 0.6 is 15.9 Å². The van der Waals surface area contributed by atoms with Gasteiger partial charge in [-0.2, -0.15) is 0 Å². The molecule has 1 N–H and O–H groups in total. The molecule has 0 saturated heterocycles. The predicted molar refractivity (Wildman–Crippen MR) is 116 cm³/mol. The summed E-state index contributed by atoms with van der Waals surface area (Å²) in [6.07, 6.45) is 3.39. The largest absolute Gasteiger partial charge is 0.481 e. The van der Waals surface area contributed by atoms with Crippen LogP contribution in [0, 0.1) is 5.92 Å². The van der Waals surface area contributed by atoms with Crippen molar-refractivity contribution in [2.75, 3.05) is 19.8 Å². The fourth-order valence-corrected chi connectivity index (χ4v) is 12.1. The number of alkyl halides is 1. The average molecular weight is 486 g/mol. The van der Waals surface area contributed by atoms with E-state index in [0.29, 0.717) is 13.2 Å². The molecule has 0 aromatic heterocycles. The van der Waals surface area contributed by atoms with Crippen molar-refractivity contribution in [1.29, 1.82) is 0 Å². The van der Waals surface area contributed by atoms with Crippen LogP contribution in [-0.2, 0) is 23.2 Å². The number of carboxylic acid groups (broad SMARTS) is 1. The molecule has 0 aromatic carbocycles. The second kappa shape index (κ2) is 13.1. The van der Waals surface area contributed by atoms with Gasteiger partial charge in [0, 0.05) is 6.61 Å². The molecule has 6 nitrogen and oxygen atoms in total. The lowest BCUT2D eigenvalue weighted by atomic mass is 10.1. The maximum absolute atomic E-state index is 11.7. The van der Waals surface area contributed by atoms with Gasteiger partial charge in [0.25, 0.3) is 0 Å². The van der Waals surface area contributed by atoms with E-state index in [1.165, 1.54) is 25.8 Å². The Bertz CT molecular complexity index is 459. The topological polar surface area (TPSA) is 82.1 Å². The van der Waals surface area contributed by atoms with Gasteiger partial charge in [-0.1, -0.05) is 42.6 Å². The Hall–Kier alpha value is -0.226. The number of carbonyl (C=O) groups excluding carboxylic acids is 1. The molecule has 27 heavy (non-hydrogen) atoms. The molecule has 0 aromatic rings. The van der Waals surface area contributed by atoms with Gasteiger partial charge < -0.3 is 18.7 Å². The van der Waals surface area contributed by atoms with Crippen LogP contribution in [0.4, 0.5) is 0 Å². The third kappa shape index (κ3) is 12.8. The smallest absolute Gasteiger partial charge is 0.320 e. The standard InChI is InChI=1S/C18H37BrO6Si2/c1-7-8-13-26(3,4)25-27(5,6)14-9-10-23-11-12-24-18(22)16(19)15(2)17(20)21/h15-16H,7-14H2,1-6H3,(H,20,21). The second-order valence-corrected chi connectivity index (χ2v) is 18.0. The van der Waals surface area contributed by atoms with Crippen molar-refractivity contribution >= 4 is 44.5 Å². The van der Waals surface area contributed by atoms with E-state index >= 15 is 0 Å². The Morgan fingerprint density at radius 1 is 1.00 bits per heavy atom. The number of halogens is 1. The summed E-state index contributed by atoms with van der Waals surface area (Å²) >= 11 is 3.06. The summed E-state index contributed by atoms with van der Waals surface area (Å²) in [5, 5.41) is 8.88. The zero-order valence-corrected chi connectivity index (χ0v) is 21.3. The Labute approximate surface area is 174 Å². The summed E-state index contributed by atoms with van der Waals surface area (Å²) in [5.74, 6) is -2.45. The van der Waals surface area contributed by atoms with Crippen molar-refractivity contribution in [1.82, 2.24) is 0 Å². The highest BCUT2D eigenvalue weighted by atomic mass is 79.9. The molecule has 2 atom stereocenters. The van der Waals surface area contributed by atoms with Gasteiger partial charge in [0.2, 0.25) is 0 Å². The minimum atomic E-state index is -1.68. The lowest BCUT2D eigenvalue weighted by Crippen LogP contribution is -2.44. The number of ether oxygens (including phenoxy) is 2. The van der Waals surface area contributed by atoms with E-state index in [0.717, 1.165) is 12.5 Å².